The van der Waals surface area contributed by atoms with Crippen molar-refractivity contribution in [2.45, 2.75) is 45.2 Å². The fourth-order valence-electron chi connectivity index (χ4n) is 4.91. The number of piperidine rings is 1. The molecular weight excluding hydrogens is 461 g/mol. The van der Waals surface area contributed by atoms with Gasteiger partial charge in [-0.2, -0.15) is 22.3 Å². The number of nitrogens with one attached hydrogen (secondary N) is 1. The summed E-state index contributed by atoms with van der Waals surface area (Å²) in [5.41, 5.74) is 0.893. The number of hydrogen-bond acceptors (Lipinski definition) is 5. The van der Waals surface area contributed by atoms with E-state index in [2.05, 4.69) is 11.4 Å². The molecule has 1 aromatic rings. The van der Waals surface area contributed by atoms with Crippen LogP contribution in [0.2, 0.25) is 0 Å². The molecule has 9 nitrogen and oxygen atoms in total. The van der Waals surface area contributed by atoms with Crippen LogP contribution in [0.25, 0.3) is 0 Å². The molecule has 0 radical (unpaired) electrons. The Balaban J connectivity index is 1.37. The van der Waals surface area contributed by atoms with E-state index in [0.717, 1.165) is 0 Å². The molecule has 0 bridgehead atoms. The summed E-state index contributed by atoms with van der Waals surface area (Å²) >= 11 is 0. The van der Waals surface area contributed by atoms with Crippen molar-refractivity contribution in [3.8, 4) is 6.07 Å². The van der Waals surface area contributed by atoms with Crippen molar-refractivity contribution in [2.24, 2.45) is 11.8 Å². The molecule has 3 fully saturated rings. The van der Waals surface area contributed by atoms with E-state index in [1.54, 1.807) is 30.0 Å². The van der Waals surface area contributed by atoms with Crippen molar-refractivity contribution in [2.75, 3.05) is 32.7 Å². The average molecular weight is 492 g/mol. The normalized spacial score (nSPS) is 24.4. The van der Waals surface area contributed by atoms with Gasteiger partial charge in [0.2, 0.25) is 11.8 Å². The minimum atomic E-state index is -3.70. The molecule has 2 atom stereocenters. The second-order valence-electron chi connectivity index (χ2n) is 9.30. The maximum atomic E-state index is 14.2. The van der Waals surface area contributed by atoms with Crippen molar-refractivity contribution in [1.29, 1.82) is 5.26 Å². The van der Waals surface area contributed by atoms with Crippen LogP contribution in [0.3, 0.4) is 0 Å². The second-order valence-corrected chi connectivity index (χ2v) is 11.2. The zero-order valence-corrected chi connectivity index (χ0v) is 20.1. The highest BCUT2D eigenvalue weighted by Crippen LogP contribution is 2.29. The maximum absolute atomic E-state index is 14.2. The molecule has 0 aliphatic carbocycles. The number of rotatable bonds is 6. The summed E-state index contributed by atoms with van der Waals surface area (Å²) in [5.74, 6) is -1.68. The largest absolute Gasteiger partial charge is 0.350 e. The Morgan fingerprint density at radius 1 is 1.15 bits per heavy atom. The van der Waals surface area contributed by atoms with Crippen LogP contribution in [-0.2, 0) is 26.3 Å². The average Bonchev–Trinajstić information content (AvgIpc) is 3.28. The number of hydrogen-bond donors (Lipinski definition) is 1. The van der Waals surface area contributed by atoms with Gasteiger partial charge in [-0.3, -0.25) is 9.59 Å². The Bertz CT molecular complexity index is 1100. The molecule has 0 aromatic heterocycles. The van der Waals surface area contributed by atoms with Gasteiger partial charge in [0.25, 0.3) is 10.2 Å². The van der Waals surface area contributed by atoms with E-state index in [4.69, 9.17) is 5.26 Å². The van der Waals surface area contributed by atoms with Crippen molar-refractivity contribution in [1.82, 2.24) is 18.8 Å². The predicted octanol–water partition coefficient (Wildman–Crippen LogP) is 1.15. The first-order valence-corrected chi connectivity index (χ1v) is 13.1. The van der Waals surface area contributed by atoms with Crippen LogP contribution in [0.15, 0.2) is 18.2 Å². The molecule has 2 amide bonds. The molecule has 3 saturated heterocycles. The molecule has 1 N–H and O–H groups in total. The van der Waals surface area contributed by atoms with E-state index < -0.39 is 22.2 Å². The molecule has 0 spiro atoms. The van der Waals surface area contributed by atoms with Crippen LogP contribution < -0.4 is 5.32 Å². The molecule has 1 aromatic carbocycles. The SMILES string of the molecule is Cc1cccc(CNC(=O)[C@H]2CCCN2C(=O)[C@H]2CCCN(S(=O)(=O)N3CC(C#N)C3)C2)c1F. The number of halogens is 1. The predicted molar refractivity (Wildman–Crippen MR) is 122 cm³/mol. The van der Waals surface area contributed by atoms with E-state index >= 15 is 0 Å². The van der Waals surface area contributed by atoms with Gasteiger partial charge >= 0.3 is 0 Å². The molecule has 0 saturated carbocycles. The Hall–Kier alpha value is -2.55. The number of carbonyl (C=O) groups excluding carboxylic acids is 2. The molecular formula is C23H30FN5O4S. The summed E-state index contributed by atoms with van der Waals surface area (Å²) in [7, 11) is -3.70. The third-order valence-corrected chi connectivity index (χ3v) is 8.91. The van der Waals surface area contributed by atoms with E-state index in [-0.39, 0.29) is 49.7 Å². The van der Waals surface area contributed by atoms with Crippen molar-refractivity contribution < 1.29 is 22.4 Å². The fraction of sp³-hybridized carbons (Fsp3) is 0.609. The van der Waals surface area contributed by atoms with Crippen molar-refractivity contribution in [3.05, 3.63) is 35.1 Å². The van der Waals surface area contributed by atoms with E-state index in [1.807, 2.05) is 0 Å². The third-order valence-electron chi connectivity index (χ3n) is 6.98. The first kappa shape index (κ1) is 24.6. The number of amides is 2. The van der Waals surface area contributed by atoms with Gasteiger partial charge in [-0.05, 0) is 38.2 Å². The third kappa shape index (κ3) is 4.80. The smallest absolute Gasteiger partial charge is 0.282 e. The Labute approximate surface area is 199 Å². The monoisotopic (exact) mass is 491 g/mol. The second kappa shape index (κ2) is 9.98. The summed E-state index contributed by atoms with van der Waals surface area (Å²) in [5, 5.41) is 11.7. The van der Waals surface area contributed by atoms with Crippen molar-refractivity contribution >= 4 is 22.0 Å². The van der Waals surface area contributed by atoms with Gasteiger partial charge < -0.3 is 10.2 Å². The topological polar surface area (TPSA) is 114 Å². The number of nitrogens with zero attached hydrogens (tertiary/aromatic N) is 4. The summed E-state index contributed by atoms with van der Waals surface area (Å²) in [6, 6.07) is 6.44. The van der Waals surface area contributed by atoms with Crippen LogP contribution >= 0.6 is 0 Å². The van der Waals surface area contributed by atoms with Crippen LogP contribution in [0, 0.1) is 35.9 Å². The Morgan fingerprint density at radius 2 is 1.88 bits per heavy atom. The number of benzene rings is 1. The van der Waals surface area contributed by atoms with Crippen LogP contribution in [0.5, 0.6) is 0 Å². The molecule has 184 valence electrons. The lowest BCUT2D eigenvalue weighted by Gasteiger charge is -2.41. The number of aryl methyl sites for hydroxylation is 1. The van der Waals surface area contributed by atoms with Gasteiger partial charge in [-0.1, -0.05) is 18.2 Å². The van der Waals surface area contributed by atoms with Crippen LogP contribution in [0.1, 0.15) is 36.8 Å². The molecule has 4 rings (SSSR count). The van der Waals surface area contributed by atoms with Gasteiger partial charge in [0.05, 0.1) is 17.9 Å². The summed E-state index contributed by atoms with van der Waals surface area (Å²) < 4.78 is 42.6. The number of likely N-dealkylation sites (tertiary alicyclic amines) is 1. The van der Waals surface area contributed by atoms with E-state index in [1.165, 1.54) is 8.61 Å². The standard InChI is InChI=1S/C23H30FN5O4S/c1-16-5-2-6-18(21(16)24)12-26-22(30)20-8-4-10-29(20)23(31)19-7-3-9-27(15-19)34(32,33)28-13-17(11-25)14-28/h2,5-6,17,19-20H,3-4,7-10,12-15H2,1H3,(H,26,30)/t19-,20+/m0/s1. The number of nitriles is 1. The summed E-state index contributed by atoms with van der Waals surface area (Å²) in [4.78, 5) is 27.7. The summed E-state index contributed by atoms with van der Waals surface area (Å²) in [6.45, 7) is 2.93. The van der Waals surface area contributed by atoms with Gasteiger partial charge in [0, 0.05) is 44.8 Å². The van der Waals surface area contributed by atoms with Gasteiger partial charge in [-0.25, -0.2) is 4.39 Å². The molecule has 3 aliphatic rings. The van der Waals surface area contributed by atoms with Gasteiger partial charge in [0.15, 0.2) is 0 Å². The highest BCUT2D eigenvalue weighted by Gasteiger charge is 2.44. The number of carbonyl (C=O) groups is 2. The van der Waals surface area contributed by atoms with Crippen LogP contribution in [0.4, 0.5) is 4.39 Å². The van der Waals surface area contributed by atoms with E-state index in [9.17, 15) is 22.4 Å². The minimum Gasteiger partial charge on any atom is -0.350 e. The maximum Gasteiger partial charge on any atom is 0.282 e. The van der Waals surface area contributed by atoms with E-state index in [0.29, 0.717) is 49.9 Å². The van der Waals surface area contributed by atoms with Gasteiger partial charge in [-0.15, -0.1) is 0 Å². The highest BCUT2D eigenvalue weighted by molar-refractivity contribution is 7.86. The lowest BCUT2D eigenvalue weighted by molar-refractivity contribution is -0.142. The lowest BCUT2D eigenvalue weighted by Crippen LogP contribution is -2.57. The first-order valence-electron chi connectivity index (χ1n) is 11.7. The molecule has 34 heavy (non-hydrogen) atoms. The van der Waals surface area contributed by atoms with Crippen LogP contribution in [-0.4, -0.2) is 72.5 Å². The molecule has 3 aliphatic heterocycles. The Morgan fingerprint density at radius 3 is 2.62 bits per heavy atom. The Kier molecular flexibility index (Phi) is 7.21. The molecule has 3 heterocycles. The zero-order valence-electron chi connectivity index (χ0n) is 19.2. The molecule has 11 heteroatoms. The highest BCUT2D eigenvalue weighted by atomic mass is 32.2. The fourth-order valence-corrected chi connectivity index (χ4v) is 6.70. The minimum absolute atomic E-state index is 0.0415. The summed E-state index contributed by atoms with van der Waals surface area (Å²) in [6.07, 6.45) is 2.32. The quantitative estimate of drug-likeness (QED) is 0.641. The first-order chi connectivity index (χ1) is 16.2. The van der Waals surface area contributed by atoms with Crippen molar-refractivity contribution in [3.63, 3.8) is 0 Å². The lowest BCUT2D eigenvalue weighted by atomic mass is 9.97. The zero-order chi connectivity index (χ0) is 24.5. The van der Waals surface area contributed by atoms with Gasteiger partial charge in [0.1, 0.15) is 11.9 Å². The molecule has 0 unspecified atom stereocenters.